The van der Waals surface area contributed by atoms with Gasteiger partial charge in [-0.25, -0.2) is 4.98 Å². The summed E-state index contributed by atoms with van der Waals surface area (Å²) in [5, 5.41) is 0.123. The van der Waals surface area contributed by atoms with Gasteiger partial charge in [0, 0.05) is 23.4 Å². The van der Waals surface area contributed by atoms with Crippen LogP contribution in [0.4, 0.5) is 13.2 Å². The molecule has 2 aromatic heterocycles. The number of pyridine rings is 1. The maximum Gasteiger partial charge on any atom is 0.573 e. The van der Waals surface area contributed by atoms with Crippen LogP contribution in [0, 0.1) is 5.92 Å². The summed E-state index contributed by atoms with van der Waals surface area (Å²) in [6.45, 7) is 2.10. The zero-order chi connectivity index (χ0) is 20.1. The van der Waals surface area contributed by atoms with Gasteiger partial charge in [-0.15, -0.1) is 13.2 Å². The van der Waals surface area contributed by atoms with Crippen molar-refractivity contribution >= 4 is 22.8 Å². The first kappa shape index (κ1) is 18.9. The van der Waals surface area contributed by atoms with Crippen LogP contribution in [0.5, 0.6) is 11.8 Å². The van der Waals surface area contributed by atoms with Crippen LogP contribution in [0.25, 0.3) is 22.3 Å². The van der Waals surface area contributed by atoms with E-state index >= 15 is 0 Å². The van der Waals surface area contributed by atoms with Gasteiger partial charge >= 0.3 is 6.36 Å². The first-order valence-corrected chi connectivity index (χ1v) is 9.13. The summed E-state index contributed by atoms with van der Waals surface area (Å²) < 4.78 is 48.7. The summed E-state index contributed by atoms with van der Waals surface area (Å²) in [6.07, 6.45) is -0.850. The summed E-state index contributed by atoms with van der Waals surface area (Å²) >= 11 is 6.26. The number of fused-ring (bicyclic) bond motifs is 1. The van der Waals surface area contributed by atoms with E-state index in [-0.39, 0.29) is 16.8 Å². The fourth-order valence-corrected chi connectivity index (χ4v) is 3.67. The van der Waals surface area contributed by atoms with Crippen LogP contribution in [0.15, 0.2) is 30.5 Å². The number of imidazole rings is 1. The number of hydrogen-bond acceptors (Lipinski definition) is 4. The lowest BCUT2D eigenvalue weighted by Crippen LogP contribution is -2.17. The van der Waals surface area contributed by atoms with Crippen molar-refractivity contribution in [3.8, 4) is 22.9 Å². The third-order valence-electron chi connectivity index (χ3n) is 4.91. The Hall–Kier alpha value is -2.48. The van der Waals surface area contributed by atoms with Crippen molar-refractivity contribution in [1.29, 1.82) is 0 Å². The second-order valence-corrected chi connectivity index (χ2v) is 7.17. The van der Waals surface area contributed by atoms with E-state index in [9.17, 15) is 13.2 Å². The second kappa shape index (κ2) is 6.84. The van der Waals surface area contributed by atoms with E-state index < -0.39 is 6.36 Å². The summed E-state index contributed by atoms with van der Waals surface area (Å²) in [5.74, 6) is 0.177. The fourth-order valence-electron chi connectivity index (χ4n) is 3.40. The topological polar surface area (TPSA) is 49.2 Å². The minimum Gasteiger partial charge on any atom is -0.468 e. The highest BCUT2D eigenvalue weighted by Gasteiger charge is 2.33. The zero-order valence-electron chi connectivity index (χ0n) is 15.1. The van der Waals surface area contributed by atoms with Crippen molar-refractivity contribution in [3.63, 3.8) is 0 Å². The van der Waals surface area contributed by atoms with Gasteiger partial charge in [-0.05, 0) is 49.9 Å². The molecule has 4 rings (SSSR count). The Balaban J connectivity index is 1.81. The molecule has 1 unspecified atom stereocenters. The smallest absolute Gasteiger partial charge is 0.468 e. The standard InChI is InChI=1S/C19H17ClF3N3O2/c1-10(11-3-4-11)26-17-16(25-18(26)27-2)14(7-8-24-17)13-6-5-12(9-15(13)20)28-19(21,22)23/h5-11H,3-4H2,1-2H3. The lowest BCUT2D eigenvalue weighted by molar-refractivity contribution is -0.274. The quantitative estimate of drug-likeness (QED) is 0.546. The number of rotatable bonds is 5. The van der Waals surface area contributed by atoms with Crippen molar-refractivity contribution in [2.75, 3.05) is 7.11 Å². The van der Waals surface area contributed by atoms with Gasteiger partial charge in [0.25, 0.3) is 6.01 Å². The molecule has 0 radical (unpaired) electrons. The molecule has 1 atom stereocenters. The summed E-state index contributed by atoms with van der Waals surface area (Å²) in [4.78, 5) is 9.04. The fraction of sp³-hybridized carbons (Fsp3) is 0.368. The Morgan fingerprint density at radius 1 is 1.21 bits per heavy atom. The SMILES string of the molecule is COc1nc2c(-c3ccc(OC(F)(F)F)cc3Cl)ccnc2n1C(C)C1CC1. The number of hydrogen-bond donors (Lipinski definition) is 0. The highest BCUT2D eigenvalue weighted by molar-refractivity contribution is 6.33. The molecule has 2 heterocycles. The van der Waals surface area contributed by atoms with E-state index in [1.165, 1.54) is 12.1 Å². The molecule has 3 aromatic rings. The van der Waals surface area contributed by atoms with Crippen molar-refractivity contribution in [1.82, 2.24) is 14.5 Å². The van der Waals surface area contributed by atoms with Gasteiger partial charge in [-0.3, -0.25) is 4.57 Å². The maximum absolute atomic E-state index is 12.4. The van der Waals surface area contributed by atoms with Gasteiger partial charge in [-0.2, -0.15) is 4.98 Å². The average Bonchev–Trinajstić information content (AvgIpc) is 3.40. The van der Waals surface area contributed by atoms with Crippen LogP contribution in [-0.4, -0.2) is 28.0 Å². The minimum absolute atomic E-state index is 0.123. The normalized spacial score (nSPS) is 15.6. The van der Waals surface area contributed by atoms with Crippen molar-refractivity contribution in [3.05, 3.63) is 35.5 Å². The zero-order valence-corrected chi connectivity index (χ0v) is 15.9. The number of ether oxygens (including phenoxy) is 2. The Morgan fingerprint density at radius 2 is 1.96 bits per heavy atom. The molecule has 0 saturated heterocycles. The molecule has 5 nitrogen and oxygen atoms in total. The van der Waals surface area contributed by atoms with Crippen LogP contribution < -0.4 is 9.47 Å². The number of nitrogens with zero attached hydrogens (tertiary/aromatic N) is 3. The highest BCUT2D eigenvalue weighted by atomic mass is 35.5. The van der Waals surface area contributed by atoms with E-state index in [0.29, 0.717) is 34.2 Å². The monoisotopic (exact) mass is 411 g/mol. The molecule has 1 aromatic carbocycles. The van der Waals surface area contributed by atoms with E-state index in [0.717, 1.165) is 18.9 Å². The van der Waals surface area contributed by atoms with Gasteiger partial charge in [0.1, 0.15) is 11.3 Å². The first-order chi connectivity index (χ1) is 13.3. The van der Waals surface area contributed by atoms with E-state index in [4.69, 9.17) is 16.3 Å². The van der Waals surface area contributed by atoms with Gasteiger partial charge in [0.2, 0.25) is 0 Å². The maximum atomic E-state index is 12.4. The Morgan fingerprint density at radius 3 is 2.57 bits per heavy atom. The van der Waals surface area contributed by atoms with Gasteiger partial charge in [0.05, 0.1) is 12.1 Å². The van der Waals surface area contributed by atoms with Crippen LogP contribution in [0.2, 0.25) is 5.02 Å². The number of benzene rings is 1. The molecular weight excluding hydrogens is 395 g/mol. The summed E-state index contributed by atoms with van der Waals surface area (Å²) in [7, 11) is 1.55. The van der Waals surface area contributed by atoms with Crippen LogP contribution in [0.1, 0.15) is 25.8 Å². The number of halogens is 4. The Bertz CT molecular complexity index is 1030. The Labute approximate surface area is 164 Å². The molecule has 0 aliphatic heterocycles. The lowest BCUT2D eigenvalue weighted by Gasteiger charge is -2.15. The molecule has 1 aliphatic rings. The van der Waals surface area contributed by atoms with Crippen molar-refractivity contribution in [2.45, 2.75) is 32.2 Å². The molecule has 0 spiro atoms. The van der Waals surface area contributed by atoms with Gasteiger partial charge in [-0.1, -0.05) is 11.6 Å². The number of methoxy groups -OCH3 is 1. The first-order valence-electron chi connectivity index (χ1n) is 8.75. The Kier molecular flexibility index (Phi) is 4.61. The predicted molar refractivity (Wildman–Crippen MR) is 98.6 cm³/mol. The average molecular weight is 412 g/mol. The molecule has 1 fully saturated rings. The number of aromatic nitrogens is 3. The largest absolute Gasteiger partial charge is 0.573 e. The molecule has 9 heteroatoms. The van der Waals surface area contributed by atoms with Crippen molar-refractivity contribution in [2.24, 2.45) is 5.92 Å². The second-order valence-electron chi connectivity index (χ2n) is 6.77. The molecule has 148 valence electrons. The molecule has 1 saturated carbocycles. The lowest BCUT2D eigenvalue weighted by atomic mass is 10.1. The molecule has 0 amide bonds. The summed E-state index contributed by atoms with van der Waals surface area (Å²) in [6, 6.07) is 6.20. The predicted octanol–water partition coefficient (Wildman–Crippen LogP) is 5.63. The molecule has 28 heavy (non-hydrogen) atoms. The molecule has 0 N–H and O–H groups in total. The van der Waals surface area contributed by atoms with Gasteiger partial charge in [0.15, 0.2) is 5.65 Å². The van der Waals surface area contributed by atoms with E-state index in [1.807, 2.05) is 4.57 Å². The van der Waals surface area contributed by atoms with E-state index in [1.54, 1.807) is 19.4 Å². The van der Waals surface area contributed by atoms with Crippen LogP contribution in [-0.2, 0) is 0 Å². The molecular formula is C19H17ClF3N3O2. The molecule has 1 aliphatic carbocycles. The minimum atomic E-state index is -4.78. The van der Waals surface area contributed by atoms with Crippen molar-refractivity contribution < 1.29 is 22.6 Å². The van der Waals surface area contributed by atoms with Crippen LogP contribution >= 0.6 is 11.6 Å². The number of alkyl halides is 3. The third-order valence-corrected chi connectivity index (χ3v) is 5.22. The highest BCUT2D eigenvalue weighted by Crippen LogP contribution is 2.43. The van der Waals surface area contributed by atoms with E-state index in [2.05, 4.69) is 21.6 Å². The van der Waals surface area contributed by atoms with Crippen LogP contribution in [0.3, 0.4) is 0 Å². The summed E-state index contributed by atoms with van der Waals surface area (Å²) in [5.41, 5.74) is 2.43. The van der Waals surface area contributed by atoms with Gasteiger partial charge < -0.3 is 9.47 Å². The molecule has 0 bridgehead atoms. The third kappa shape index (κ3) is 3.48.